The standard InChI is InChI=1S/C19H31N5O3/c1-13-9-23(10-14(2)27-13)17(25)12-24-11-15(8-21-24)22-18(26)16-6-4-5-7-19(16,3)20/h8,11,13-14,16H,4-7,9-10,12,20H2,1-3H3,(H,22,26). The summed E-state index contributed by atoms with van der Waals surface area (Å²) in [5, 5.41) is 7.12. The van der Waals surface area contributed by atoms with Gasteiger partial charge in [-0.25, -0.2) is 0 Å². The molecule has 27 heavy (non-hydrogen) atoms. The van der Waals surface area contributed by atoms with E-state index < -0.39 is 5.54 Å². The van der Waals surface area contributed by atoms with Gasteiger partial charge in [0.05, 0.1) is 30.0 Å². The molecule has 1 aromatic heterocycles. The van der Waals surface area contributed by atoms with Crippen molar-refractivity contribution >= 4 is 17.5 Å². The Balaban J connectivity index is 1.56. The van der Waals surface area contributed by atoms with Crippen LogP contribution in [0.3, 0.4) is 0 Å². The minimum Gasteiger partial charge on any atom is -0.372 e. The lowest BCUT2D eigenvalue weighted by Crippen LogP contribution is -2.51. The van der Waals surface area contributed by atoms with E-state index in [1.807, 2.05) is 20.8 Å². The third-order valence-electron chi connectivity index (χ3n) is 5.54. The Bertz CT molecular complexity index is 677. The van der Waals surface area contributed by atoms with Crippen LogP contribution in [0.5, 0.6) is 0 Å². The van der Waals surface area contributed by atoms with Crippen LogP contribution in [0.1, 0.15) is 46.5 Å². The third-order valence-corrected chi connectivity index (χ3v) is 5.54. The maximum Gasteiger partial charge on any atom is 0.244 e. The second kappa shape index (κ2) is 7.98. The van der Waals surface area contributed by atoms with Crippen LogP contribution < -0.4 is 11.1 Å². The van der Waals surface area contributed by atoms with Crippen molar-refractivity contribution in [2.45, 2.75) is 70.7 Å². The molecule has 1 saturated carbocycles. The average Bonchev–Trinajstić information content (AvgIpc) is 3.00. The number of carbonyl (C=O) groups excluding carboxylic acids is 2. The lowest BCUT2D eigenvalue weighted by atomic mass is 9.74. The van der Waals surface area contributed by atoms with Gasteiger partial charge in [0, 0.05) is 24.8 Å². The first-order chi connectivity index (χ1) is 12.7. The molecule has 1 saturated heterocycles. The van der Waals surface area contributed by atoms with Crippen LogP contribution in [0, 0.1) is 5.92 Å². The van der Waals surface area contributed by atoms with Gasteiger partial charge in [-0.05, 0) is 33.6 Å². The number of anilines is 1. The quantitative estimate of drug-likeness (QED) is 0.825. The van der Waals surface area contributed by atoms with Crippen molar-refractivity contribution in [3.63, 3.8) is 0 Å². The van der Waals surface area contributed by atoms with Gasteiger partial charge in [-0.15, -0.1) is 0 Å². The minimum atomic E-state index is -0.474. The van der Waals surface area contributed by atoms with Crippen molar-refractivity contribution in [1.82, 2.24) is 14.7 Å². The monoisotopic (exact) mass is 377 g/mol. The number of hydrogen-bond donors (Lipinski definition) is 2. The van der Waals surface area contributed by atoms with Gasteiger partial charge in [0.15, 0.2) is 0 Å². The lowest BCUT2D eigenvalue weighted by molar-refractivity contribution is -0.144. The minimum absolute atomic E-state index is 0.000194. The molecule has 8 heteroatoms. The number of nitrogens with one attached hydrogen (secondary N) is 1. The Morgan fingerprint density at radius 1 is 1.33 bits per heavy atom. The summed E-state index contributed by atoms with van der Waals surface area (Å²) in [4.78, 5) is 27.0. The zero-order valence-electron chi connectivity index (χ0n) is 16.5. The maximum absolute atomic E-state index is 12.6. The third kappa shape index (κ3) is 4.87. The Hall–Kier alpha value is -1.93. The summed E-state index contributed by atoms with van der Waals surface area (Å²) in [7, 11) is 0. The fourth-order valence-corrected chi connectivity index (χ4v) is 4.15. The summed E-state index contributed by atoms with van der Waals surface area (Å²) in [5.74, 6) is -0.270. The van der Waals surface area contributed by atoms with E-state index in [0.29, 0.717) is 18.8 Å². The van der Waals surface area contributed by atoms with Gasteiger partial charge >= 0.3 is 0 Å². The molecule has 8 nitrogen and oxygen atoms in total. The molecular weight excluding hydrogens is 346 g/mol. The molecule has 0 spiro atoms. The molecule has 2 heterocycles. The van der Waals surface area contributed by atoms with E-state index in [2.05, 4.69) is 10.4 Å². The van der Waals surface area contributed by atoms with Crippen molar-refractivity contribution in [3.8, 4) is 0 Å². The molecular formula is C19H31N5O3. The SMILES string of the molecule is CC1CN(C(=O)Cn2cc(NC(=O)C3CCCCC3(C)N)cn2)CC(C)O1. The lowest BCUT2D eigenvalue weighted by Gasteiger charge is -2.37. The highest BCUT2D eigenvalue weighted by molar-refractivity contribution is 5.93. The predicted octanol–water partition coefficient (Wildman–Crippen LogP) is 1.37. The number of nitrogens with zero attached hydrogens (tertiary/aromatic N) is 3. The Kier molecular flexibility index (Phi) is 5.86. The van der Waals surface area contributed by atoms with Gasteiger partial charge in [0.1, 0.15) is 6.54 Å². The molecule has 4 unspecified atom stereocenters. The molecule has 1 aliphatic carbocycles. The molecule has 2 amide bonds. The Labute approximate surface area is 160 Å². The van der Waals surface area contributed by atoms with Gasteiger partial charge in [0.2, 0.25) is 11.8 Å². The van der Waals surface area contributed by atoms with Crippen LogP contribution in [-0.4, -0.2) is 57.3 Å². The highest BCUT2D eigenvalue weighted by Gasteiger charge is 2.37. The smallest absolute Gasteiger partial charge is 0.244 e. The predicted molar refractivity (Wildman–Crippen MR) is 102 cm³/mol. The number of hydrogen-bond acceptors (Lipinski definition) is 5. The molecule has 0 bridgehead atoms. The van der Waals surface area contributed by atoms with Gasteiger partial charge in [-0.1, -0.05) is 12.8 Å². The molecule has 2 fully saturated rings. The summed E-state index contributed by atoms with van der Waals surface area (Å²) < 4.78 is 7.23. The molecule has 3 N–H and O–H groups in total. The van der Waals surface area contributed by atoms with Crippen LogP contribution in [0.2, 0.25) is 0 Å². The van der Waals surface area contributed by atoms with Crippen LogP contribution >= 0.6 is 0 Å². The number of amides is 2. The number of nitrogens with two attached hydrogens (primary N) is 1. The average molecular weight is 377 g/mol. The van der Waals surface area contributed by atoms with E-state index >= 15 is 0 Å². The van der Waals surface area contributed by atoms with Crippen LogP contribution in [0.25, 0.3) is 0 Å². The number of rotatable bonds is 4. The molecule has 150 valence electrons. The van der Waals surface area contributed by atoms with Crippen molar-refractivity contribution in [3.05, 3.63) is 12.4 Å². The Morgan fingerprint density at radius 3 is 2.70 bits per heavy atom. The molecule has 3 rings (SSSR count). The number of ether oxygens (including phenoxy) is 1. The maximum atomic E-state index is 12.6. The summed E-state index contributed by atoms with van der Waals surface area (Å²) in [5.41, 5.74) is 6.43. The highest BCUT2D eigenvalue weighted by Crippen LogP contribution is 2.32. The first-order valence-corrected chi connectivity index (χ1v) is 9.80. The first-order valence-electron chi connectivity index (χ1n) is 9.80. The first kappa shape index (κ1) is 19.8. The summed E-state index contributed by atoms with van der Waals surface area (Å²) in [6, 6.07) is 0. The van der Waals surface area contributed by atoms with Crippen molar-refractivity contribution in [1.29, 1.82) is 0 Å². The number of carbonyl (C=O) groups is 2. The molecule has 0 radical (unpaired) electrons. The van der Waals surface area contributed by atoms with Crippen molar-refractivity contribution in [2.75, 3.05) is 18.4 Å². The second-order valence-corrected chi connectivity index (χ2v) is 8.28. The van der Waals surface area contributed by atoms with Crippen molar-refractivity contribution < 1.29 is 14.3 Å². The molecule has 0 aromatic carbocycles. The highest BCUT2D eigenvalue weighted by atomic mass is 16.5. The van der Waals surface area contributed by atoms with E-state index in [0.717, 1.165) is 25.7 Å². The molecule has 2 aliphatic rings. The normalized spacial score (nSPS) is 31.6. The topological polar surface area (TPSA) is 102 Å². The second-order valence-electron chi connectivity index (χ2n) is 8.28. The fourth-order valence-electron chi connectivity index (χ4n) is 4.15. The summed E-state index contributed by atoms with van der Waals surface area (Å²) in [6.07, 6.45) is 7.09. The van der Waals surface area contributed by atoms with E-state index in [-0.39, 0.29) is 36.5 Å². The number of aromatic nitrogens is 2. The zero-order valence-corrected chi connectivity index (χ0v) is 16.5. The van der Waals surface area contributed by atoms with Crippen LogP contribution in [0.15, 0.2) is 12.4 Å². The summed E-state index contributed by atoms with van der Waals surface area (Å²) in [6.45, 7) is 7.20. The van der Waals surface area contributed by atoms with Crippen LogP contribution in [-0.2, 0) is 20.9 Å². The molecule has 1 aromatic rings. The fraction of sp³-hybridized carbons (Fsp3) is 0.737. The van der Waals surface area contributed by atoms with Gasteiger partial charge in [0.25, 0.3) is 0 Å². The number of morpholine rings is 1. The molecule has 1 aliphatic heterocycles. The van der Waals surface area contributed by atoms with Gasteiger partial charge in [-0.3, -0.25) is 14.3 Å². The largest absolute Gasteiger partial charge is 0.372 e. The summed E-state index contributed by atoms with van der Waals surface area (Å²) >= 11 is 0. The van der Waals surface area contributed by atoms with Crippen LogP contribution in [0.4, 0.5) is 5.69 Å². The van der Waals surface area contributed by atoms with E-state index in [4.69, 9.17) is 10.5 Å². The van der Waals surface area contributed by atoms with Crippen molar-refractivity contribution in [2.24, 2.45) is 11.7 Å². The van der Waals surface area contributed by atoms with Gasteiger partial charge < -0.3 is 20.7 Å². The molecule has 4 atom stereocenters. The van der Waals surface area contributed by atoms with E-state index in [1.165, 1.54) is 0 Å². The van der Waals surface area contributed by atoms with Gasteiger partial charge in [-0.2, -0.15) is 5.10 Å². The van der Waals surface area contributed by atoms with E-state index in [9.17, 15) is 9.59 Å². The zero-order chi connectivity index (χ0) is 19.6. The Morgan fingerprint density at radius 2 is 2.04 bits per heavy atom. The van der Waals surface area contributed by atoms with E-state index in [1.54, 1.807) is 22.0 Å².